The second-order valence-electron chi connectivity index (χ2n) is 5.73. The van der Waals surface area contributed by atoms with E-state index in [2.05, 4.69) is 0 Å². The monoisotopic (exact) mass is 374 g/mol. The van der Waals surface area contributed by atoms with Crippen molar-refractivity contribution in [3.05, 3.63) is 46.1 Å². The normalized spacial score (nSPS) is 12.4. The van der Waals surface area contributed by atoms with Gasteiger partial charge in [-0.2, -0.15) is 0 Å². The molecule has 6 nitrogen and oxygen atoms in total. The summed E-state index contributed by atoms with van der Waals surface area (Å²) in [7, 11) is -1.35. The minimum absolute atomic E-state index is 0.0000966. The minimum Gasteiger partial charge on any atom is -0.494 e. The third kappa shape index (κ3) is 3.22. The van der Waals surface area contributed by atoms with Crippen LogP contribution in [0.25, 0.3) is 21.9 Å². The molecule has 0 saturated heterocycles. The van der Waals surface area contributed by atoms with Crippen LogP contribution in [0.5, 0.6) is 5.75 Å². The Bertz CT molecular complexity index is 1080. The molecule has 0 fully saturated rings. The van der Waals surface area contributed by atoms with Crippen LogP contribution in [0, 0.1) is 0 Å². The van der Waals surface area contributed by atoms with Crippen molar-refractivity contribution in [1.82, 2.24) is 0 Å². The fourth-order valence-electron chi connectivity index (χ4n) is 2.66. The first-order chi connectivity index (χ1) is 12.5. The smallest absolute Gasteiger partial charge is 0.335 e. The number of ether oxygens (including phenoxy) is 1. The summed E-state index contributed by atoms with van der Waals surface area (Å²) in [6.07, 6.45) is 0.790. The van der Waals surface area contributed by atoms with Gasteiger partial charge in [-0.1, -0.05) is 13.8 Å². The second kappa shape index (κ2) is 7.29. The Balaban J connectivity index is 2.37. The molecule has 3 aromatic rings. The van der Waals surface area contributed by atoms with Crippen molar-refractivity contribution in [2.24, 2.45) is 0 Å². The number of carboxylic acid groups (broad SMARTS) is 1. The highest BCUT2D eigenvalue weighted by Crippen LogP contribution is 2.29. The van der Waals surface area contributed by atoms with E-state index in [1.807, 2.05) is 6.92 Å². The highest BCUT2D eigenvalue weighted by molar-refractivity contribution is 7.85. The Kier molecular flexibility index (Phi) is 5.08. The molecule has 0 spiro atoms. The van der Waals surface area contributed by atoms with Crippen LogP contribution in [0.15, 0.2) is 44.4 Å². The third-order valence-corrected chi connectivity index (χ3v) is 5.25. The first kappa shape index (κ1) is 18.1. The highest BCUT2D eigenvalue weighted by Gasteiger charge is 2.18. The molecule has 0 radical (unpaired) electrons. The largest absolute Gasteiger partial charge is 0.494 e. The molecule has 1 N–H and O–H groups in total. The van der Waals surface area contributed by atoms with E-state index in [4.69, 9.17) is 14.3 Å². The molecule has 136 valence electrons. The molecule has 0 aliphatic heterocycles. The van der Waals surface area contributed by atoms with Gasteiger partial charge in [0.2, 0.25) is 5.43 Å². The maximum atomic E-state index is 12.9. The van der Waals surface area contributed by atoms with Crippen molar-refractivity contribution in [2.45, 2.75) is 25.2 Å². The van der Waals surface area contributed by atoms with Crippen molar-refractivity contribution in [2.75, 3.05) is 12.4 Å². The molecule has 1 atom stereocenters. The van der Waals surface area contributed by atoms with Crippen LogP contribution in [0.1, 0.15) is 30.6 Å². The Morgan fingerprint density at radius 2 is 1.96 bits per heavy atom. The van der Waals surface area contributed by atoms with Crippen LogP contribution in [-0.2, 0) is 10.8 Å². The second-order valence-corrected chi connectivity index (χ2v) is 7.44. The Hall–Kier alpha value is -2.67. The molecule has 2 aromatic carbocycles. The molecule has 3 rings (SSSR count). The molecule has 0 saturated carbocycles. The van der Waals surface area contributed by atoms with Gasteiger partial charge < -0.3 is 14.3 Å². The fraction of sp³-hybridized carbons (Fsp3) is 0.263. The SMILES string of the molecule is CCCOc1cc(S(=O)CC)c2oc3ccc(C(=O)O)cc3c(=O)c2c1. The molecular weight excluding hydrogens is 356 g/mol. The Morgan fingerprint density at radius 1 is 1.19 bits per heavy atom. The van der Waals surface area contributed by atoms with Gasteiger partial charge in [-0.05, 0) is 30.7 Å². The highest BCUT2D eigenvalue weighted by atomic mass is 32.2. The van der Waals surface area contributed by atoms with Crippen molar-refractivity contribution in [1.29, 1.82) is 0 Å². The molecule has 0 bridgehead atoms. The van der Waals surface area contributed by atoms with E-state index >= 15 is 0 Å². The average Bonchev–Trinajstić information content (AvgIpc) is 2.65. The molecular formula is C19H18O6S. The number of carboxylic acids is 1. The lowest BCUT2D eigenvalue weighted by Crippen LogP contribution is -2.07. The summed E-state index contributed by atoms with van der Waals surface area (Å²) < 4.78 is 23.9. The van der Waals surface area contributed by atoms with E-state index in [1.54, 1.807) is 19.1 Å². The van der Waals surface area contributed by atoms with Crippen LogP contribution < -0.4 is 10.2 Å². The number of benzene rings is 2. The standard InChI is InChI=1S/C19H18O6S/c1-3-7-24-12-9-14-17(20)13-8-11(19(21)22)5-6-15(13)25-18(14)16(10-12)26(23)4-2/h5-6,8-10H,3-4,7H2,1-2H3,(H,21,22). The maximum Gasteiger partial charge on any atom is 0.335 e. The molecule has 1 aromatic heterocycles. The van der Waals surface area contributed by atoms with Gasteiger partial charge in [-0.3, -0.25) is 9.00 Å². The lowest BCUT2D eigenvalue weighted by Gasteiger charge is -2.11. The van der Waals surface area contributed by atoms with Crippen LogP contribution >= 0.6 is 0 Å². The zero-order valence-corrected chi connectivity index (χ0v) is 15.2. The van der Waals surface area contributed by atoms with E-state index in [0.29, 0.717) is 23.0 Å². The first-order valence-corrected chi connectivity index (χ1v) is 9.57. The molecule has 7 heteroatoms. The van der Waals surface area contributed by atoms with Gasteiger partial charge in [-0.15, -0.1) is 0 Å². The number of fused-ring (bicyclic) bond motifs is 2. The van der Waals surface area contributed by atoms with Gasteiger partial charge in [0, 0.05) is 11.8 Å². The van der Waals surface area contributed by atoms with E-state index < -0.39 is 16.8 Å². The zero-order valence-electron chi connectivity index (χ0n) is 14.4. The van der Waals surface area contributed by atoms with Crippen LogP contribution in [0.2, 0.25) is 0 Å². The quantitative estimate of drug-likeness (QED) is 0.663. The first-order valence-electron chi connectivity index (χ1n) is 8.25. The predicted octanol–water partition coefficient (Wildman–Crippen LogP) is 3.56. The number of hydrogen-bond donors (Lipinski definition) is 1. The van der Waals surface area contributed by atoms with Gasteiger partial charge in [0.15, 0.2) is 5.58 Å². The van der Waals surface area contributed by atoms with Crippen LogP contribution in [0.3, 0.4) is 0 Å². The molecule has 1 heterocycles. The molecule has 0 aliphatic carbocycles. The lowest BCUT2D eigenvalue weighted by molar-refractivity contribution is 0.0697. The lowest BCUT2D eigenvalue weighted by atomic mass is 10.1. The number of rotatable bonds is 6. The number of aromatic carboxylic acids is 1. The van der Waals surface area contributed by atoms with Gasteiger partial charge in [0.25, 0.3) is 0 Å². The molecule has 1 unspecified atom stereocenters. The molecule has 0 amide bonds. The predicted molar refractivity (Wildman–Crippen MR) is 99.7 cm³/mol. The summed E-state index contributed by atoms with van der Waals surface area (Å²) in [5.74, 6) is -0.317. The van der Waals surface area contributed by atoms with Gasteiger partial charge in [0.05, 0.1) is 38.6 Å². The third-order valence-electron chi connectivity index (χ3n) is 3.94. The fourth-order valence-corrected chi connectivity index (χ4v) is 3.58. The number of carbonyl (C=O) groups is 1. The van der Waals surface area contributed by atoms with Gasteiger partial charge >= 0.3 is 5.97 Å². The van der Waals surface area contributed by atoms with Crippen molar-refractivity contribution >= 4 is 38.7 Å². The minimum atomic E-state index is -1.35. The summed E-state index contributed by atoms with van der Waals surface area (Å²) in [6.45, 7) is 4.20. The van der Waals surface area contributed by atoms with Crippen molar-refractivity contribution < 1.29 is 23.3 Å². The zero-order chi connectivity index (χ0) is 18.8. The van der Waals surface area contributed by atoms with E-state index in [-0.39, 0.29) is 32.9 Å². The van der Waals surface area contributed by atoms with Crippen molar-refractivity contribution in [3.8, 4) is 5.75 Å². The summed E-state index contributed by atoms with van der Waals surface area (Å²) in [5, 5.41) is 9.54. The van der Waals surface area contributed by atoms with Crippen LogP contribution in [0.4, 0.5) is 0 Å². The summed E-state index contributed by atoms with van der Waals surface area (Å²) >= 11 is 0. The maximum absolute atomic E-state index is 12.9. The topological polar surface area (TPSA) is 93.8 Å². The summed E-state index contributed by atoms with van der Waals surface area (Å²) in [5.41, 5.74) is 0.124. The molecule has 0 aliphatic rings. The Labute approximate surface area is 151 Å². The van der Waals surface area contributed by atoms with Gasteiger partial charge in [0.1, 0.15) is 11.3 Å². The van der Waals surface area contributed by atoms with E-state index in [1.165, 1.54) is 18.2 Å². The van der Waals surface area contributed by atoms with E-state index in [9.17, 15) is 13.8 Å². The number of hydrogen-bond acceptors (Lipinski definition) is 5. The Morgan fingerprint density at radius 3 is 2.62 bits per heavy atom. The van der Waals surface area contributed by atoms with E-state index in [0.717, 1.165) is 6.42 Å². The van der Waals surface area contributed by atoms with Crippen LogP contribution in [-0.4, -0.2) is 27.6 Å². The summed E-state index contributed by atoms with van der Waals surface area (Å²) in [4.78, 5) is 24.5. The summed E-state index contributed by atoms with van der Waals surface area (Å²) in [6, 6.07) is 7.30. The van der Waals surface area contributed by atoms with Gasteiger partial charge in [-0.25, -0.2) is 4.79 Å². The van der Waals surface area contributed by atoms with Crippen molar-refractivity contribution in [3.63, 3.8) is 0 Å². The molecule has 26 heavy (non-hydrogen) atoms. The average molecular weight is 374 g/mol.